The number of carbonyl (C=O) groups is 4. The first-order valence-corrected chi connectivity index (χ1v) is 10.8. The molecule has 4 rings (SSSR count). The minimum absolute atomic E-state index is 0.116. The van der Waals surface area contributed by atoms with E-state index in [1.54, 1.807) is 12.1 Å². The maximum atomic E-state index is 13.0. The van der Waals surface area contributed by atoms with Gasteiger partial charge in [-0.15, -0.1) is 0 Å². The number of fused-ring (bicyclic) bond motifs is 1. The van der Waals surface area contributed by atoms with Gasteiger partial charge >= 0.3 is 0 Å². The Hall–Kier alpha value is -2.74. The lowest BCUT2D eigenvalue weighted by Gasteiger charge is -2.32. The number of benzene rings is 1. The molecule has 8 heteroatoms. The molecule has 2 aliphatic heterocycles. The Balaban J connectivity index is 1.54. The van der Waals surface area contributed by atoms with Crippen molar-refractivity contribution in [2.75, 3.05) is 18.4 Å². The van der Waals surface area contributed by atoms with Gasteiger partial charge in [-0.25, -0.2) is 0 Å². The average Bonchev–Trinajstić information content (AvgIpc) is 3.27. The van der Waals surface area contributed by atoms with Crippen LogP contribution in [0.3, 0.4) is 0 Å². The quantitative estimate of drug-likeness (QED) is 0.691. The van der Waals surface area contributed by atoms with E-state index in [-0.39, 0.29) is 18.7 Å². The largest absolute Gasteiger partial charge is 0.381 e. The highest BCUT2D eigenvalue weighted by Gasteiger charge is 2.44. The van der Waals surface area contributed by atoms with E-state index < -0.39 is 23.8 Å². The van der Waals surface area contributed by atoms with Crippen LogP contribution in [0.2, 0.25) is 0 Å². The Morgan fingerprint density at radius 2 is 1.77 bits per heavy atom. The van der Waals surface area contributed by atoms with Gasteiger partial charge in [-0.2, -0.15) is 0 Å². The highest BCUT2D eigenvalue weighted by atomic mass is 16.2. The molecule has 1 aromatic rings. The van der Waals surface area contributed by atoms with Gasteiger partial charge in [-0.3, -0.25) is 34.3 Å². The molecule has 2 fully saturated rings. The molecular weight excluding hydrogens is 384 g/mol. The van der Waals surface area contributed by atoms with Gasteiger partial charge < -0.3 is 5.32 Å². The van der Waals surface area contributed by atoms with E-state index in [1.807, 2.05) is 6.07 Å². The normalized spacial score (nSPS) is 26.4. The molecule has 4 amide bonds. The number of anilines is 1. The van der Waals surface area contributed by atoms with Crippen LogP contribution in [0.4, 0.5) is 5.69 Å². The molecule has 160 valence electrons. The maximum Gasteiger partial charge on any atom is 0.262 e. The van der Waals surface area contributed by atoms with Crippen molar-refractivity contribution in [2.45, 2.75) is 64.1 Å². The third-order valence-corrected chi connectivity index (χ3v) is 6.55. The third-order valence-electron chi connectivity index (χ3n) is 6.55. The Labute approximate surface area is 176 Å². The van der Waals surface area contributed by atoms with E-state index in [4.69, 9.17) is 0 Å². The Bertz CT molecular complexity index is 895. The van der Waals surface area contributed by atoms with Crippen molar-refractivity contribution in [1.82, 2.24) is 15.1 Å². The van der Waals surface area contributed by atoms with Crippen LogP contribution in [-0.2, 0) is 9.59 Å². The molecule has 3 unspecified atom stereocenters. The van der Waals surface area contributed by atoms with Gasteiger partial charge in [0.2, 0.25) is 11.8 Å². The van der Waals surface area contributed by atoms with Gasteiger partial charge in [-0.1, -0.05) is 13.8 Å². The Kier molecular flexibility index (Phi) is 5.60. The SMILES string of the molecule is CCN(CC)C1CCCC1Nc1ccc2c(c1)C(=O)N(C1CCC(=O)NC1=O)C2=O. The molecule has 0 bridgehead atoms. The van der Waals surface area contributed by atoms with Crippen molar-refractivity contribution in [1.29, 1.82) is 0 Å². The molecule has 0 spiro atoms. The second-order valence-electron chi connectivity index (χ2n) is 8.18. The highest BCUT2D eigenvalue weighted by Crippen LogP contribution is 2.32. The van der Waals surface area contributed by atoms with Crippen LogP contribution >= 0.6 is 0 Å². The molecule has 3 atom stereocenters. The van der Waals surface area contributed by atoms with E-state index in [1.165, 1.54) is 0 Å². The number of nitrogens with zero attached hydrogens (tertiary/aromatic N) is 2. The van der Waals surface area contributed by atoms with Crippen LogP contribution in [-0.4, -0.2) is 64.6 Å². The maximum absolute atomic E-state index is 13.0. The average molecular weight is 412 g/mol. The van der Waals surface area contributed by atoms with Gasteiger partial charge in [0.05, 0.1) is 11.1 Å². The van der Waals surface area contributed by atoms with Crippen molar-refractivity contribution in [3.63, 3.8) is 0 Å². The lowest BCUT2D eigenvalue weighted by molar-refractivity contribution is -0.136. The fourth-order valence-electron chi connectivity index (χ4n) is 5.01. The summed E-state index contributed by atoms with van der Waals surface area (Å²) >= 11 is 0. The summed E-state index contributed by atoms with van der Waals surface area (Å²) in [6, 6.07) is 5.01. The number of amides is 4. The topological polar surface area (TPSA) is 98.8 Å². The standard InChI is InChI=1S/C22H28N4O4/c1-3-25(4-2)17-7-5-6-16(17)23-13-8-9-14-15(12-13)22(30)26(21(14)29)18-10-11-19(27)24-20(18)28/h8-9,12,16-18,23H,3-7,10-11H2,1-2H3,(H,24,27,28). The minimum Gasteiger partial charge on any atom is -0.381 e. The molecule has 2 N–H and O–H groups in total. The molecule has 30 heavy (non-hydrogen) atoms. The fraction of sp³-hybridized carbons (Fsp3) is 0.545. The lowest BCUT2D eigenvalue weighted by atomic mass is 10.0. The van der Waals surface area contributed by atoms with Crippen LogP contribution in [0, 0.1) is 0 Å². The predicted octanol–water partition coefficient (Wildman–Crippen LogP) is 1.76. The van der Waals surface area contributed by atoms with Crippen molar-refractivity contribution >= 4 is 29.3 Å². The molecule has 1 saturated carbocycles. The summed E-state index contributed by atoms with van der Waals surface area (Å²) in [4.78, 5) is 52.9. The smallest absolute Gasteiger partial charge is 0.262 e. The highest BCUT2D eigenvalue weighted by molar-refractivity contribution is 6.23. The second kappa shape index (κ2) is 8.18. The first kappa shape index (κ1) is 20.5. The van der Waals surface area contributed by atoms with Crippen LogP contribution < -0.4 is 10.6 Å². The molecule has 8 nitrogen and oxygen atoms in total. The zero-order valence-corrected chi connectivity index (χ0v) is 17.4. The first-order chi connectivity index (χ1) is 14.4. The van der Waals surface area contributed by atoms with E-state index in [2.05, 4.69) is 29.4 Å². The van der Waals surface area contributed by atoms with Gasteiger partial charge in [0.1, 0.15) is 6.04 Å². The van der Waals surface area contributed by atoms with E-state index in [0.29, 0.717) is 23.2 Å². The van der Waals surface area contributed by atoms with Crippen molar-refractivity contribution in [2.24, 2.45) is 0 Å². The zero-order chi connectivity index (χ0) is 21.4. The van der Waals surface area contributed by atoms with Crippen molar-refractivity contribution in [3.8, 4) is 0 Å². The predicted molar refractivity (Wildman–Crippen MR) is 111 cm³/mol. The van der Waals surface area contributed by atoms with Crippen molar-refractivity contribution in [3.05, 3.63) is 29.3 Å². The summed E-state index contributed by atoms with van der Waals surface area (Å²) in [6.07, 6.45) is 3.64. The molecular formula is C22H28N4O4. The second-order valence-corrected chi connectivity index (χ2v) is 8.18. The van der Waals surface area contributed by atoms with Crippen molar-refractivity contribution < 1.29 is 19.2 Å². The number of likely N-dealkylation sites (N-methyl/N-ethyl adjacent to an activating group) is 1. The van der Waals surface area contributed by atoms with Gasteiger partial charge in [0.25, 0.3) is 11.8 Å². The summed E-state index contributed by atoms with van der Waals surface area (Å²) in [6.45, 7) is 6.33. The number of hydrogen-bond acceptors (Lipinski definition) is 6. The molecule has 1 saturated heterocycles. The number of rotatable bonds is 6. The van der Waals surface area contributed by atoms with Gasteiger partial charge in [0.15, 0.2) is 0 Å². The third kappa shape index (κ3) is 3.49. The number of piperidine rings is 1. The van der Waals surface area contributed by atoms with Crippen LogP contribution in [0.1, 0.15) is 66.7 Å². The monoisotopic (exact) mass is 412 g/mol. The Morgan fingerprint density at radius 3 is 2.47 bits per heavy atom. The van der Waals surface area contributed by atoms with Crippen LogP contribution in [0.15, 0.2) is 18.2 Å². The zero-order valence-electron chi connectivity index (χ0n) is 17.4. The van der Waals surface area contributed by atoms with Gasteiger partial charge in [-0.05, 0) is 57.0 Å². The number of imide groups is 2. The summed E-state index contributed by atoms with van der Waals surface area (Å²) in [5.41, 5.74) is 1.43. The summed E-state index contributed by atoms with van der Waals surface area (Å²) < 4.78 is 0. The Morgan fingerprint density at radius 1 is 1.03 bits per heavy atom. The van der Waals surface area contributed by atoms with Gasteiger partial charge in [0, 0.05) is 24.2 Å². The fourth-order valence-corrected chi connectivity index (χ4v) is 5.01. The molecule has 0 aromatic heterocycles. The van der Waals surface area contributed by atoms with E-state index in [0.717, 1.165) is 42.9 Å². The van der Waals surface area contributed by atoms with E-state index >= 15 is 0 Å². The lowest BCUT2D eigenvalue weighted by Crippen LogP contribution is -2.54. The molecule has 3 aliphatic rings. The number of carbonyl (C=O) groups excluding carboxylic acids is 4. The molecule has 2 heterocycles. The molecule has 0 radical (unpaired) electrons. The number of nitrogens with one attached hydrogen (secondary N) is 2. The molecule has 1 aromatic carbocycles. The summed E-state index contributed by atoms with van der Waals surface area (Å²) in [5.74, 6) is -1.91. The van der Waals surface area contributed by atoms with Crippen LogP contribution in [0.25, 0.3) is 0 Å². The molecule has 1 aliphatic carbocycles. The number of hydrogen-bond donors (Lipinski definition) is 2. The minimum atomic E-state index is -0.937. The van der Waals surface area contributed by atoms with Crippen LogP contribution in [0.5, 0.6) is 0 Å². The summed E-state index contributed by atoms with van der Waals surface area (Å²) in [7, 11) is 0. The first-order valence-electron chi connectivity index (χ1n) is 10.8. The summed E-state index contributed by atoms with van der Waals surface area (Å²) in [5, 5.41) is 5.79. The van der Waals surface area contributed by atoms with E-state index in [9.17, 15) is 19.2 Å².